The quantitative estimate of drug-likeness (QED) is 0.838. The molecule has 1 aromatic rings. The third kappa shape index (κ3) is 4.01. The van der Waals surface area contributed by atoms with Crippen LogP contribution in [0.3, 0.4) is 0 Å². The Morgan fingerprint density at radius 2 is 1.90 bits per heavy atom. The van der Waals surface area contributed by atoms with Crippen molar-refractivity contribution < 1.29 is 0 Å². The first-order chi connectivity index (χ1) is 9.74. The number of rotatable bonds is 6. The third-order valence-corrected chi connectivity index (χ3v) is 5.11. The Kier molecular flexibility index (Phi) is 5.95. The molecule has 1 aliphatic rings. The van der Waals surface area contributed by atoms with E-state index in [1.54, 1.807) is 6.33 Å². The predicted molar refractivity (Wildman–Crippen MR) is 88.7 cm³/mol. The highest BCUT2D eigenvalue weighted by Gasteiger charge is 2.21. The molecule has 1 aliphatic carbocycles. The first-order valence-corrected chi connectivity index (χ1v) is 8.88. The van der Waals surface area contributed by atoms with E-state index < -0.39 is 0 Å². The Morgan fingerprint density at radius 3 is 2.55 bits per heavy atom. The lowest BCUT2D eigenvalue weighted by molar-refractivity contribution is 0.472. The number of aromatic nitrogens is 2. The van der Waals surface area contributed by atoms with E-state index in [0.29, 0.717) is 6.04 Å². The first kappa shape index (κ1) is 15.4. The summed E-state index contributed by atoms with van der Waals surface area (Å²) in [7, 11) is 0. The van der Waals surface area contributed by atoms with E-state index in [9.17, 15) is 0 Å². The van der Waals surface area contributed by atoms with E-state index in [-0.39, 0.29) is 0 Å². The van der Waals surface area contributed by atoms with Crippen molar-refractivity contribution in [3.8, 4) is 0 Å². The molecule has 2 N–H and O–H groups in total. The predicted octanol–water partition coefficient (Wildman–Crippen LogP) is 3.69. The number of hydrogen-bond acceptors (Lipinski definition) is 5. The van der Waals surface area contributed by atoms with Crippen LogP contribution in [0.2, 0.25) is 0 Å². The second kappa shape index (κ2) is 7.72. The highest BCUT2D eigenvalue weighted by Crippen LogP contribution is 2.29. The Hall–Kier alpha value is -0.970. The first-order valence-electron chi connectivity index (χ1n) is 7.59. The molecule has 5 heteroatoms. The van der Waals surface area contributed by atoms with Crippen molar-refractivity contribution in [3.05, 3.63) is 11.9 Å². The zero-order valence-corrected chi connectivity index (χ0v) is 13.6. The molecule has 0 saturated heterocycles. The van der Waals surface area contributed by atoms with E-state index in [2.05, 4.69) is 40.7 Å². The van der Waals surface area contributed by atoms with Crippen molar-refractivity contribution in [1.29, 1.82) is 0 Å². The molecule has 0 aromatic carbocycles. The second-order valence-electron chi connectivity index (χ2n) is 5.48. The van der Waals surface area contributed by atoms with Crippen molar-refractivity contribution in [1.82, 2.24) is 9.97 Å². The van der Waals surface area contributed by atoms with Crippen LogP contribution in [0.25, 0.3) is 0 Å². The van der Waals surface area contributed by atoms with Gasteiger partial charge in [0.15, 0.2) is 0 Å². The maximum Gasteiger partial charge on any atom is 0.134 e. The van der Waals surface area contributed by atoms with Crippen LogP contribution in [0, 0.1) is 6.92 Å². The lowest BCUT2D eigenvalue weighted by Crippen LogP contribution is -2.28. The van der Waals surface area contributed by atoms with Crippen molar-refractivity contribution in [3.63, 3.8) is 0 Å². The molecule has 0 atom stereocenters. The molecule has 0 spiro atoms. The molecule has 0 radical (unpaired) electrons. The van der Waals surface area contributed by atoms with E-state index in [1.807, 2.05) is 11.8 Å². The molecule has 20 heavy (non-hydrogen) atoms. The minimum absolute atomic E-state index is 0.561. The Labute approximate surface area is 126 Å². The zero-order valence-electron chi connectivity index (χ0n) is 12.8. The molecule has 1 saturated carbocycles. The molecule has 0 bridgehead atoms. The van der Waals surface area contributed by atoms with Crippen LogP contribution in [-0.4, -0.2) is 34.1 Å². The van der Waals surface area contributed by atoms with Crippen LogP contribution in [0.15, 0.2) is 6.33 Å². The Balaban J connectivity index is 1.95. The van der Waals surface area contributed by atoms with Gasteiger partial charge in [-0.1, -0.05) is 6.92 Å². The smallest absolute Gasteiger partial charge is 0.134 e. The lowest BCUT2D eigenvalue weighted by atomic mass is 9.95. The summed E-state index contributed by atoms with van der Waals surface area (Å²) in [6.07, 6.45) is 10.1. The lowest BCUT2D eigenvalue weighted by Gasteiger charge is -2.29. The number of nitrogens with zero attached hydrogens (tertiary/aromatic N) is 2. The molecule has 1 aromatic heterocycles. The zero-order chi connectivity index (χ0) is 14.4. The van der Waals surface area contributed by atoms with Gasteiger partial charge in [0.2, 0.25) is 0 Å². The molecule has 2 rings (SSSR count). The van der Waals surface area contributed by atoms with Gasteiger partial charge >= 0.3 is 0 Å². The summed E-state index contributed by atoms with van der Waals surface area (Å²) < 4.78 is 0. The fraction of sp³-hybridized carbons (Fsp3) is 0.733. The highest BCUT2D eigenvalue weighted by atomic mass is 32.2. The highest BCUT2D eigenvalue weighted by molar-refractivity contribution is 7.99. The molecular formula is C15H26N4S. The SMILES string of the molecule is CCCNc1ncnc(NC2CCC(SC)CC2)c1C. The minimum Gasteiger partial charge on any atom is -0.370 e. The van der Waals surface area contributed by atoms with Crippen molar-refractivity contribution in [2.45, 2.75) is 57.2 Å². The van der Waals surface area contributed by atoms with Crippen LogP contribution < -0.4 is 10.6 Å². The minimum atomic E-state index is 0.561. The van der Waals surface area contributed by atoms with Gasteiger partial charge in [-0.05, 0) is 45.3 Å². The van der Waals surface area contributed by atoms with Crippen LogP contribution in [-0.2, 0) is 0 Å². The second-order valence-corrected chi connectivity index (χ2v) is 6.61. The van der Waals surface area contributed by atoms with Gasteiger partial charge in [-0.2, -0.15) is 11.8 Å². The number of thioether (sulfide) groups is 1. The summed E-state index contributed by atoms with van der Waals surface area (Å²) in [5.41, 5.74) is 1.13. The van der Waals surface area contributed by atoms with Crippen molar-refractivity contribution in [2.24, 2.45) is 0 Å². The molecule has 0 unspecified atom stereocenters. The van der Waals surface area contributed by atoms with Crippen LogP contribution in [0.4, 0.5) is 11.6 Å². The molecule has 1 heterocycles. The van der Waals surface area contributed by atoms with Gasteiger partial charge < -0.3 is 10.6 Å². The fourth-order valence-electron chi connectivity index (χ4n) is 2.65. The number of nitrogens with one attached hydrogen (secondary N) is 2. The standard InChI is InChI=1S/C15H26N4S/c1-4-9-16-14-11(2)15(18-10-17-14)19-12-5-7-13(20-3)8-6-12/h10,12-13H,4-9H2,1-3H3,(H2,16,17,18,19). The normalized spacial score (nSPS) is 22.6. The van der Waals surface area contributed by atoms with Gasteiger partial charge in [0.1, 0.15) is 18.0 Å². The average Bonchev–Trinajstić information content (AvgIpc) is 2.49. The molecule has 0 aliphatic heterocycles. The maximum atomic E-state index is 4.41. The van der Waals surface area contributed by atoms with Crippen LogP contribution in [0.5, 0.6) is 0 Å². The molecule has 4 nitrogen and oxygen atoms in total. The van der Waals surface area contributed by atoms with Gasteiger partial charge in [-0.15, -0.1) is 0 Å². The summed E-state index contributed by atoms with van der Waals surface area (Å²) in [4.78, 5) is 8.74. The van der Waals surface area contributed by atoms with Crippen molar-refractivity contribution >= 4 is 23.4 Å². The molecular weight excluding hydrogens is 268 g/mol. The van der Waals surface area contributed by atoms with Gasteiger partial charge in [-0.25, -0.2) is 9.97 Å². The fourth-order valence-corrected chi connectivity index (χ4v) is 3.40. The van der Waals surface area contributed by atoms with Crippen LogP contribution >= 0.6 is 11.8 Å². The van der Waals surface area contributed by atoms with Gasteiger partial charge in [0, 0.05) is 23.4 Å². The number of anilines is 2. The van der Waals surface area contributed by atoms with Gasteiger partial charge in [0.05, 0.1) is 0 Å². The summed E-state index contributed by atoms with van der Waals surface area (Å²) in [6, 6.07) is 0.561. The number of hydrogen-bond donors (Lipinski definition) is 2. The van der Waals surface area contributed by atoms with E-state index >= 15 is 0 Å². The van der Waals surface area contributed by atoms with Crippen LogP contribution in [0.1, 0.15) is 44.6 Å². The van der Waals surface area contributed by atoms with Crippen molar-refractivity contribution in [2.75, 3.05) is 23.4 Å². The summed E-state index contributed by atoms with van der Waals surface area (Å²) in [6.45, 7) is 5.21. The van der Waals surface area contributed by atoms with Gasteiger partial charge in [-0.3, -0.25) is 0 Å². The van der Waals surface area contributed by atoms with E-state index in [4.69, 9.17) is 0 Å². The average molecular weight is 294 g/mol. The molecule has 112 valence electrons. The van der Waals surface area contributed by atoms with E-state index in [1.165, 1.54) is 25.7 Å². The summed E-state index contributed by atoms with van der Waals surface area (Å²) in [5.74, 6) is 1.95. The topological polar surface area (TPSA) is 49.8 Å². The third-order valence-electron chi connectivity index (χ3n) is 3.97. The Bertz CT molecular complexity index is 416. The molecule has 0 amide bonds. The largest absolute Gasteiger partial charge is 0.370 e. The molecule has 1 fully saturated rings. The summed E-state index contributed by atoms with van der Waals surface area (Å²) >= 11 is 2.01. The Morgan fingerprint density at radius 1 is 1.20 bits per heavy atom. The monoisotopic (exact) mass is 294 g/mol. The van der Waals surface area contributed by atoms with Gasteiger partial charge in [0.25, 0.3) is 0 Å². The summed E-state index contributed by atoms with van der Waals surface area (Å²) in [5, 5.41) is 7.82. The van der Waals surface area contributed by atoms with E-state index in [0.717, 1.165) is 35.4 Å². The maximum absolute atomic E-state index is 4.41.